The van der Waals surface area contributed by atoms with Crippen molar-refractivity contribution in [3.05, 3.63) is 29.6 Å². The Morgan fingerprint density at radius 1 is 1.26 bits per heavy atom. The van der Waals surface area contributed by atoms with Gasteiger partial charge in [-0.25, -0.2) is 22.2 Å². The molecule has 2 N–H and O–H groups in total. The molecule has 0 spiro atoms. The summed E-state index contributed by atoms with van der Waals surface area (Å²) in [6.45, 7) is 1.70. The number of amides is 2. The lowest BCUT2D eigenvalue weighted by molar-refractivity contribution is -0.132. The average Bonchev–Trinajstić information content (AvgIpc) is 3.04. The zero-order chi connectivity index (χ0) is 19.8. The number of H-pyrrole nitrogens is 1. The SMILES string of the molecule is CC(NC(=O)c1ccc2nc(C(F)F)[nH]c2c1)C(=O)N1CCS(=O)(=O)CC1. The molecule has 8 nitrogen and oxygen atoms in total. The van der Waals surface area contributed by atoms with Crippen molar-refractivity contribution in [1.29, 1.82) is 0 Å². The van der Waals surface area contributed by atoms with Crippen molar-refractivity contribution in [3.63, 3.8) is 0 Å². The van der Waals surface area contributed by atoms with E-state index in [1.165, 1.54) is 30.0 Å². The molecule has 1 fully saturated rings. The normalized spacial score (nSPS) is 17.9. The van der Waals surface area contributed by atoms with Crippen LogP contribution in [0.1, 0.15) is 29.5 Å². The number of nitrogens with one attached hydrogen (secondary N) is 2. The van der Waals surface area contributed by atoms with E-state index in [2.05, 4.69) is 15.3 Å². The van der Waals surface area contributed by atoms with E-state index in [0.29, 0.717) is 5.52 Å². The van der Waals surface area contributed by atoms with Crippen molar-refractivity contribution in [2.24, 2.45) is 0 Å². The van der Waals surface area contributed by atoms with Crippen LogP contribution >= 0.6 is 0 Å². The minimum absolute atomic E-state index is 0.0949. The summed E-state index contributed by atoms with van der Waals surface area (Å²) < 4.78 is 48.3. The smallest absolute Gasteiger partial charge is 0.295 e. The fraction of sp³-hybridized carbons (Fsp3) is 0.438. The van der Waals surface area contributed by atoms with Gasteiger partial charge in [-0.3, -0.25) is 9.59 Å². The lowest BCUT2D eigenvalue weighted by Gasteiger charge is -2.29. The van der Waals surface area contributed by atoms with Crippen LogP contribution in [-0.4, -0.2) is 65.7 Å². The van der Waals surface area contributed by atoms with E-state index in [1.54, 1.807) is 0 Å². The van der Waals surface area contributed by atoms with Crippen LogP contribution in [0, 0.1) is 0 Å². The Labute approximate surface area is 153 Å². The largest absolute Gasteiger partial charge is 0.341 e. The highest BCUT2D eigenvalue weighted by atomic mass is 32.2. The summed E-state index contributed by atoms with van der Waals surface area (Å²) in [4.78, 5) is 32.3. The van der Waals surface area contributed by atoms with E-state index in [4.69, 9.17) is 0 Å². The van der Waals surface area contributed by atoms with Gasteiger partial charge in [0.25, 0.3) is 12.3 Å². The van der Waals surface area contributed by atoms with Crippen LogP contribution in [0.15, 0.2) is 18.2 Å². The molecule has 1 aromatic carbocycles. The highest BCUT2D eigenvalue weighted by Crippen LogP contribution is 2.20. The lowest BCUT2D eigenvalue weighted by atomic mass is 10.1. The number of alkyl halides is 2. The number of hydrogen-bond acceptors (Lipinski definition) is 5. The molecule has 2 heterocycles. The predicted octanol–water partition coefficient (Wildman–Crippen LogP) is 0.876. The first-order valence-corrected chi connectivity index (χ1v) is 10.1. The Bertz CT molecular complexity index is 975. The van der Waals surface area contributed by atoms with Gasteiger partial charge in [0.05, 0.1) is 22.5 Å². The molecule has 0 radical (unpaired) electrons. The second kappa shape index (κ2) is 7.22. The molecule has 0 bridgehead atoms. The second-order valence-corrected chi connectivity index (χ2v) is 8.63. The van der Waals surface area contributed by atoms with Crippen LogP contribution in [0.25, 0.3) is 11.0 Å². The van der Waals surface area contributed by atoms with Gasteiger partial charge in [-0.05, 0) is 25.1 Å². The van der Waals surface area contributed by atoms with Gasteiger partial charge < -0.3 is 15.2 Å². The van der Waals surface area contributed by atoms with Crippen molar-refractivity contribution in [3.8, 4) is 0 Å². The Morgan fingerprint density at radius 2 is 1.93 bits per heavy atom. The van der Waals surface area contributed by atoms with Gasteiger partial charge >= 0.3 is 0 Å². The van der Waals surface area contributed by atoms with Crippen LogP contribution in [0.3, 0.4) is 0 Å². The van der Waals surface area contributed by atoms with Gasteiger partial charge in [0.15, 0.2) is 15.7 Å². The van der Waals surface area contributed by atoms with Crippen LogP contribution in [-0.2, 0) is 14.6 Å². The fourth-order valence-corrected chi connectivity index (χ4v) is 4.02. The molecule has 11 heteroatoms. The van der Waals surface area contributed by atoms with E-state index in [9.17, 15) is 26.8 Å². The van der Waals surface area contributed by atoms with Gasteiger partial charge in [-0.2, -0.15) is 0 Å². The Hall–Kier alpha value is -2.56. The first kappa shape index (κ1) is 19.2. The second-order valence-electron chi connectivity index (χ2n) is 6.33. The minimum atomic E-state index is -3.11. The zero-order valence-electron chi connectivity index (χ0n) is 14.4. The fourth-order valence-electron chi connectivity index (χ4n) is 2.82. The number of carbonyl (C=O) groups is 2. The molecule has 2 amide bonds. The molecule has 0 saturated carbocycles. The highest BCUT2D eigenvalue weighted by Gasteiger charge is 2.28. The van der Waals surface area contributed by atoms with Crippen LogP contribution in [0.2, 0.25) is 0 Å². The Morgan fingerprint density at radius 3 is 2.56 bits per heavy atom. The van der Waals surface area contributed by atoms with E-state index < -0.39 is 34.0 Å². The highest BCUT2D eigenvalue weighted by molar-refractivity contribution is 7.91. The molecule has 1 aliphatic heterocycles. The molecule has 1 aliphatic rings. The number of benzene rings is 1. The summed E-state index contributed by atoms with van der Waals surface area (Å²) >= 11 is 0. The molecule has 146 valence electrons. The molecule has 1 aromatic heterocycles. The molecule has 2 aromatic rings. The number of carbonyl (C=O) groups excluding carboxylic acids is 2. The Balaban J connectivity index is 1.67. The molecule has 3 rings (SSSR count). The summed E-state index contributed by atoms with van der Waals surface area (Å²) in [7, 11) is -3.11. The van der Waals surface area contributed by atoms with Crippen molar-refractivity contribution in [2.45, 2.75) is 19.4 Å². The number of sulfone groups is 1. The standard InChI is InChI=1S/C16H18F2N4O4S/c1-9(16(24)22-4-6-27(25,26)7-5-22)19-15(23)10-2-3-11-12(8-10)21-14(20-11)13(17)18/h2-3,8-9,13H,4-7H2,1H3,(H,19,23)(H,20,21). The number of aromatic amines is 1. The predicted molar refractivity (Wildman–Crippen MR) is 93.2 cm³/mol. The van der Waals surface area contributed by atoms with Crippen LogP contribution in [0.4, 0.5) is 8.78 Å². The number of fused-ring (bicyclic) bond motifs is 1. The molecule has 1 unspecified atom stereocenters. The maximum atomic E-state index is 12.7. The maximum absolute atomic E-state index is 12.7. The van der Waals surface area contributed by atoms with Crippen LogP contribution < -0.4 is 5.32 Å². The van der Waals surface area contributed by atoms with Gasteiger partial charge in [0.2, 0.25) is 5.91 Å². The maximum Gasteiger partial charge on any atom is 0.295 e. The van der Waals surface area contributed by atoms with Crippen LogP contribution in [0.5, 0.6) is 0 Å². The van der Waals surface area contributed by atoms with Gasteiger partial charge in [0, 0.05) is 18.7 Å². The van der Waals surface area contributed by atoms with E-state index in [-0.39, 0.29) is 41.6 Å². The zero-order valence-corrected chi connectivity index (χ0v) is 15.2. The third-order valence-electron chi connectivity index (χ3n) is 4.34. The summed E-state index contributed by atoms with van der Waals surface area (Å²) in [6.07, 6.45) is -2.75. The number of hydrogen-bond donors (Lipinski definition) is 2. The van der Waals surface area contributed by atoms with E-state index >= 15 is 0 Å². The monoisotopic (exact) mass is 400 g/mol. The summed E-state index contributed by atoms with van der Waals surface area (Å²) in [5.41, 5.74) is 0.784. The third kappa shape index (κ3) is 4.24. The molecule has 1 saturated heterocycles. The number of nitrogens with zero attached hydrogens (tertiary/aromatic N) is 2. The number of halogens is 2. The number of aromatic nitrogens is 2. The Kier molecular flexibility index (Phi) is 5.13. The van der Waals surface area contributed by atoms with Gasteiger partial charge in [-0.1, -0.05) is 0 Å². The third-order valence-corrected chi connectivity index (χ3v) is 5.95. The first-order valence-electron chi connectivity index (χ1n) is 8.24. The summed E-state index contributed by atoms with van der Waals surface area (Å²) in [5.74, 6) is -1.59. The first-order chi connectivity index (χ1) is 12.7. The minimum Gasteiger partial charge on any atom is -0.341 e. The average molecular weight is 400 g/mol. The summed E-state index contributed by atoms with van der Waals surface area (Å²) in [6, 6.07) is 3.40. The quantitative estimate of drug-likeness (QED) is 0.791. The van der Waals surface area contributed by atoms with Crippen molar-refractivity contribution in [1.82, 2.24) is 20.2 Å². The number of imidazole rings is 1. The van der Waals surface area contributed by atoms with Gasteiger partial charge in [-0.15, -0.1) is 0 Å². The molecule has 0 aliphatic carbocycles. The summed E-state index contributed by atoms with van der Waals surface area (Å²) in [5, 5.41) is 2.55. The van der Waals surface area contributed by atoms with E-state index in [0.717, 1.165) is 0 Å². The van der Waals surface area contributed by atoms with Crippen molar-refractivity contribution < 1.29 is 26.8 Å². The molecule has 1 atom stereocenters. The van der Waals surface area contributed by atoms with Crippen molar-refractivity contribution in [2.75, 3.05) is 24.6 Å². The topological polar surface area (TPSA) is 112 Å². The van der Waals surface area contributed by atoms with E-state index in [1.807, 2.05) is 0 Å². The number of rotatable bonds is 4. The molecule has 27 heavy (non-hydrogen) atoms. The lowest BCUT2D eigenvalue weighted by Crippen LogP contribution is -2.51. The van der Waals surface area contributed by atoms with Crippen molar-refractivity contribution >= 4 is 32.7 Å². The molecular weight excluding hydrogens is 382 g/mol. The molecular formula is C16H18F2N4O4S. The van der Waals surface area contributed by atoms with Gasteiger partial charge in [0.1, 0.15) is 6.04 Å².